The Balaban J connectivity index is 2.54. The van der Waals surface area contributed by atoms with E-state index < -0.39 is 12.9 Å². The van der Waals surface area contributed by atoms with E-state index in [1.165, 1.54) is 6.07 Å². The largest absolute Gasteiger partial charge is 0.491 e. The number of halogens is 1. The van der Waals surface area contributed by atoms with E-state index in [2.05, 4.69) is 0 Å². The topological polar surface area (TPSA) is 49.7 Å². The average Bonchev–Trinajstić information content (AvgIpc) is 2.50. The summed E-state index contributed by atoms with van der Waals surface area (Å²) < 4.78 is 18.2. The van der Waals surface area contributed by atoms with Crippen LogP contribution >= 0.6 is 0 Å². The summed E-state index contributed by atoms with van der Waals surface area (Å²) in [5.41, 5.74) is 1.03. The normalized spacial score (nSPS) is 14.8. The van der Waals surface area contributed by atoms with Gasteiger partial charge in [0.15, 0.2) is 0 Å². The average molecular weight is 182 g/mol. The minimum Gasteiger partial charge on any atom is -0.423 e. The molecule has 1 aromatic rings. The lowest BCUT2D eigenvalue weighted by molar-refractivity contribution is 0.265. The Morgan fingerprint density at radius 2 is 2.31 bits per heavy atom. The zero-order chi connectivity index (χ0) is 9.42. The van der Waals surface area contributed by atoms with Crippen LogP contribution in [0.15, 0.2) is 12.1 Å². The quantitative estimate of drug-likeness (QED) is 0.577. The van der Waals surface area contributed by atoms with Crippen molar-refractivity contribution in [3.05, 3.63) is 29.1 Å². The highest BCUT2D eigenvalue weighted by molar-refractivity contribution is 6.61. The van der Waals surface area contributed by atoms with Crippen LogP contribution in [0.25, 0.3) is 0 Å². The highest BCUT2D eigenvalue weighted by Gasteiger charge is 2.30. The van der Waals surface area contributed by atoms with Crippen molar-refractivity contribution in [3.63, 3.8) is 0 Å². The molecule has 0 saturated carbocycles. The third kappa shape index (κ3) is 1.25. The van der Waals surface area contributed by atoms with Crippen molar-refractivity contribution in [1.29, 1.82) is 0 Å². The second-order valence-electron chi connectivity index (χ2n) is 2.93. The van der Waals surface area contributed by atoms with E-state index in [4.69, 9.17) is 9.76 Å². The van der Waals surface area contributed by atoms with Crippen LogP contribution in [-0.4, -0.2) is 17.2 Å². The molecule has 5 heteroatoms. The van der Waals surface area contributed by atoms with E-state index in [1.54, 1.807) is 6.07 Å². The Morgan fingerprint density at radius 1 is 1.54 bits per heavy atom. The standard InChI is InChI=1S/C8H8BFO3/c10-8-5(3-11)1-2-7-6(8)4-13-9(7)12/h1-2,11-12H,3-4H2. The Bertz CT molecular complexity index is 342. The van der Waals surface area contributed by atoms with Crippen molar-refractivity contribution < 1.29 is 19.2 Å². The van der Waals surface area contributed by atoms with Crippen LogP contribution in [0.4, 0.5) is 4.39 Å². The van der Waals surface area contributed by atoms with Crippen LogP contribution < -0.4 is 5.46 Å². The molecule has 0 bridgehead atoms. The zero-order valence-corrected chi connectivity index (χ0v) is 6.83. The number of aliphatic hydroxyl groups excluding tert-OH is 1. The van der Waals surface area contributed by atoms with Gasteiger partial charge in [0.05, 0.1) is 13.2 Å². The van der Waals surface area contributed by atoms with Gasteiger partial charge in [-0.1, -0.05) is 12.1 Å². The highest BCUT2D eigenvalue weighted by Crippen LogP contribution is 2.17. The summed E-state index contributed by atoms with van der Waals surface area (Å²) in [4.78, 5) is 0. The molecule has 68 valence electrons. The highest BCUT2D eigenvalue weighted by atomic mass is 19.1. The van der Waals surface area contributed by atoms with Gasteiger partial charge in [-0.25, -0.2) is 4.39 Å². The van der Waals surface area contributed by atoms with Gasteiger partial charge in [0.1, 0.15) is 5.82 Å². The molecule has 0 radical (unpaired) electrons. The summed E-state index contributed by atoms with van der Waals surface area (Å²) in [7, 11) is -1.03. The molecule has 0 saturated heterocycles. The number of rotatable bonds is 1. The fourth-order valence-electron chi connectivity index (χ4n) is 1.44. The molecule has 0 aliphatic carbocycles. The fourth-order valence-corrected chi connectivity index (χ4v) is 1.44. The number of hydrogen-bond donors (Lipinski definition) is 2. The maximum atomic E-state index is 13.4. The van der Waals surface area contributed by atoms with Gasteiger partial charge < -0.3 is 14.8 Å². The molecule has 1 aliphatic rings. The van der Waals surface area contributed by atoms with Crippen molar-refractivity contribution in [2.75, 3.05) is 0 Å². The molecular formula is C8H8BFO3. The van der Waals surface area contributed by atoms with Gasteiger partial charge in [-0.05, 0) is 5.46 Å². The van der Waals surface area contributed by atoms with E-state index in [1.807, 2.05) is 0 Å². The zero-order valence-electron chi connectivity index (χ0n) is 6.83. The van der Waals surface area contributed by atoms with E-state index in [9.17, 15) is 9.41 Å². The maximum Gasteiger partial charge on any atom is 0.491 e. The van der Waals surface area contributed by atoms with Crippen LogP contribution in [0.1, 0.15) is 11.1 Å². The van der Waals surface area contributed by atoms with E-state index >= 15 is 0 Å². The summed E-state index contributed by atoms with van der Waals surface area (Å²) >= 11 is 0. The van der Waals surface area contributed by atoms with Crippen molar-refractivity contribution >= 4 is 12.6 Å². The van der Waals surface area contributed by atoms with Crippen LogP contribution in [0.2, 0.25) is 0 Å². The Hall–Kier alpha value is -0.905. The van der Waals surface area contributed by atoms with Crippen molar-refractivity contribution in [1.82, 2.24) is 0 Å². The second kappa shape index (κ2) is 3.10. The third-order valence-electron chi connectivity index (χ3n) is 2.18. The molecule has 0 fully saturated rings. The number of hydrogen-bond acceptors (Lipinski definition) is 3. The molecule has 1 aromatic carbocycles. The third-order valence-corrected chi connectivity index (χ3v) is 2.18. The van der Waals surface area contributed by atoms with Crippen LogP contribution in [0, 0.1) is 5.82 Å². The molecular weight excluding hydrogens is 174 g/mol. The van der Waals surface area contributed by atoms with E-state index in [0.717, 1.165) is 0 Å². The fraction of sp³-hybridized carbons (Fsp3) is 0.250. The Kier molecular flexibility index (Phi) is 2.07. The van der Waals surface area contributed by atoms with Crippen LogP contribution in [0.3, 0.4) is 0 Å². The smallest absolute Gasteiger partial charge is 0.423 e. The molecule has 0 atom stereocenters. The Morgan fingerprint density at radius 3 is 3.00 bits per heavy atom. The molecule has 13 heavy (non-hydrogen) atoms. The van der Waals surface area contributed by atoms with Crippen LogP contribution in [0.5, 0.6) is 0 Å². The molecule has 3 nitrogen and oxygen atoms in total. The van der Waals surface area contributed by atoms with Crippen molar-refractivity contribution in [2.24, 2.45) is 0 Å². The minimum atomic E-state index is -1.03. The number of aliphatic hydroxyl groups is 1. The molecule has 0 unspecified atom stereocenters. The van der Waals surface area contributed by atoms with Gasteiger partial charge in [-0.3, -0.25) is 0 Å². The molecule has 2 N–H and O–H groups in total. The van der Waals surface area contributed by atoms with E-state index in [-0.39, 0.29) is 18.8 Å². The van der Waals surface area contributed by atoms with Gasteiger partial charge in [0, 0.05) is 11.1 Å². The first-order chi connectivity index (χ1) is 6.24. The van der Waals surface area contributed by atoms with Gasteiger partial charge in [-0.2, -0.15) is 0 Å². The SMILES string of the molecule is OCc1ccc2c(c1F)COB2O. The molecule has 0 aromatic heterocycles. The summed E-state index contributed by atoms with van der Waals surface area (Å²) in [6, 6.07) is 3.02. The van der Waals surface area contributed by atoms with Gasteiger partial charge in [0.2, 0.25) is 0 Å². The molecule has 0 amide bonds. The summed E-state index contributed by atoms with van der Waals surface area (Å²) in [6.07, 6.45) is 0. The lowest BCUT2D eigenvalue weighted by atomic mass is 9.79. The van der Waals surface area contributed by atoms with Gasteiger partial charge in [-0.15, -0.1) is 0 Å². The summed E-state index contributed by atoms with van der Waals surface area (Å²) in [6.45, 7) is -0.272. The van der Waals surface area contributed by atoms with E-state index in [0.29, 0.717) is 11.0 Å². The Labute approximate surface area is 74.9 Å². The lowest BCUT2D eigenvalue weighted by Crippen LogP contribution is -2.28. The summed E-state index contributed by atoms with van der Waals surface area (Å²) in [5, 5.41) is 18.0. The predicted molar refractivity (Wildman–Crippen MR) is 44.7 cm³/mol. The van der Waals surface area contributed by atoms with Gasteiger partial charge >= 0.3 is 7.12 Å². The summed E-state index contributed by atoms with van der Waals surface area (Å²) in [5.74, 6) is -0.475. The molecule has 1 aliphatic heterocycles. The van der Waals surface area contributed by atoms with Crippen LogP contribution in [-0.2, 0) is 17.9 Å². The number of fused-ring (bicyclic) bond motifs is 1. The van der Waals surface area contributed by atoms with Crippen molar-refractivity contribution in [2.45, 2.75) is 13.2 Å². The first-order valence-electron chi connectivity index (χ1n) is 3.94. The maximum absolute atomic E-state index is 13.4. The van der Waals surface area contributed by atoms with Crippen molar-refractivity contribution in [3.8, 4) is 0 Å². The van der Waals surface area contributed by atoms with Gasteiger partial charge in [0.25, 0.3) is 0 Å². The predicted octanol–water partition coefficient (Wildman–Crippen LogP) is -0.464. The first kappa shape index (κ1) is 8.68. The molecule has 2 rings (SSSR count). The lowest BCUT2D eigenvalue weighted by Gasteiger charge is -2.03. The second-order valence-corrected chi connectivity index (χ2v) is 2.93. The molecule has 0 spiro atoms. The first-order valence-corrected chi connectivity index (χ1v) is 3.94. The monoisotopic (exact) mass is 182 g/mol. The number of benzene rings is 1. The molecule has 1 heterocycles. The minimum absolute atomic E-state index is 0.0656.